The van der Waals surface area contributed by atoms with Crippen LogP contribution in [-0.2, 0) is 10.0 Å². The molecule has 0 unspecified atom stereocenters. The summed E-state index contributed by atoms with van der Waals surface area (Å²) in [6.07, 6.45) is 0. The van der Waals surface area contributed by atoms with Gasteiger partial charge in [-0.05, 0) is 31.7 Å². The molecule has 0 atom stereocenters. The van der Waals surface area contributed by atoms with Gasteiger partial charge in [0.1, 0.15) is 10.7 Å². The van der Waals surface area contributed by atoms with Crippen molar-refractivity contribution in [3.8, 4) is 0 Å². The molecule has 3 nitrogen and oxygen atoms in total. The number of hydrogen-bond acceptors (Lipinski definition) is 2. The zero-order valence-corrected chi connectivity index (χ0v) is 9.21. The fourth-order valence-electron chi connectivity index (χ4n) is 0.947. The molecule has 0 aliphatic carbocycles. The normalized spacial score (nSPS) is 11.7. The topological polar surface area (TPSA) is 46.2 Å². The Morgan fingerprint density at radius 3 is 2.50 bits per heavy atom. The van der Waals surface area contributed by atoms with E-state index in [1.54, 1.807) is 0 Å². The van der Waals surface area contributed by atoms with Crippen LogP contribution in [0.15, 0.2) is 17.0 Å². The van der Waals surface area contributed by atoms with Crippen LogP contribution >= 0.6 is 11.6 Å². The molecular weight excluding hydrogens is 229 g/mol. The number of benzene rings is 1. The first-order valence-electron chi connectivity index (χ1n) is 3.77. The molecule has 1 aromatic rings. The van der Waals surface area contributed by atoms with Gasteiger partial charge in [0.05, 0.1) is 5.02 Å². The maximum Gasteiger partial charge on any atom is 0.241 e. The Balaban J connectivity index is 3.45. The lowest BCUT2D eigenvalue weighted by molar-refractivity contribution is 0.586. The van der Waals surface area contributed by atoms with E-state index in [9.17, 15) is 12.8 Å². The predicted octanol–water partition coefficient (Wildman–Crippen LogP) is 1.70. The van der Waals surface area contributed by atoms with Crippen LogP contribution in [0.2, 0.25) is 5.02 Å². The SMILES string of the molecule is CNS(=O)(=O)c1cc(C)c(F)cc1Cl. The first-order valence-corrected chi connectivity index (χ1v) is 5.64. The lowest BCUT2D eigenvalue weighted by Crippen LogP contribution is -2.19. The average Bonchev–Trinajstić information content (AvgIpc) is 2.11. The van der Waals surface area contributed by atoms with E-state index >= 15 is 0 Å². The van der Waals surface area contributed by atoms with Crippen molar-refractivity contribution in [3.05, 3.63) is 28.5 Å². The zero-order valence-electron chi connectivity index (χ0n) is 7.64. The van der Waals surface area contributed by atoms with Crippen LogP contribution in [0.3, 0.4) is 0 Å². The van der Waals surface area contributed by atoms with Gasteiger partial charge in [0.2, 0.25) is 10.0 Å². The molecule has 1 aromatic carbocycles. The van der Waals surface area contributed by atoms with Crippen molar-refractivity contribution in [3.63, 3.8) is 0 Å². The number of aryl methyl sites for hydroxylation is 1. The molecule has 0 saturated carbocycles. The molecule has 1 rings (SSSR count). The van der Waals surface area contributed by atoms with Gasteiger partial charge in [-0.2, -0.15) is 0 Å². The third-order valence-electron chi connectivity index (χ3n) is 1.77. The average molecular weight is 238 g/mol. The Bertz CT molecular complexity index is 459. The molecule has 1 N–H and O–H groups in total. The van der Waals surface area contributed by atoms with E-state index in [0.29, 0.717) is 0 Å². The standard InChI is InChI=1S/C8H9ClFNO2S/c1-5-3-8(14(12,13)11-2)6(9)4-7(5)10/h3-4,11H,1-2H3. The predicted molar refractivity (Wildman–Crippen MR) is 52.4 cm³/mol. The minimum absolute atomic E-state index is 0.111. The Kier molecular flexibility index (Phi) is 3.14. The third-order valence-corrected chi connectivity index (χ3v) is 3.65. The Morgan fingerprint density at radius 2 is 2.00 bits per heavy atom. The number of hydrogen-bond donors (Lipinski definition) is 1. The largest absolute Gasteiger partial charge is 0.241 e. The van der Waals surface area contributed by atoms with E-state index < -0.39 is 15.8 Å². The van der Waals surface area contributed by atoms with Crippen molar-refractivity contribution < 1.29 is 12.8 Å². The monoisotopic (exact) mass is 237 g/mol. The molecule has 0 aliphatic heterocycles. The van der Waals surface area contributed by atoms with Gasteiger partial charge in [-0.15, -0.1) is 0 Å². The van der Waals surface area contributed by atoms with Crippen molar-refractivity contribution in [2.75, 3.05) is 7.05 Å². The van der Waals surface area contributed by atoms with Gasteiger partial charge in [-0.3, -0.25) is 0 Å². The van der Waals surface area contributed by atoms with Gasteiger partial charge in [0.25, 0.3) is 0 Å². The Hall–Kier alpha value is -0.650. The zero-order chi connectivity index (χ0) is 10.9. The van der Waals surface area contributed by atoms with Crippen LogP contribution in [0, 0.1) is 12.7 Å². The molecule has 78 valence electrons. The number of sulfonamides is 1. The highest BCUT2D eigenvalue weighted by molar-refractivity contribution is 7.89. The smallest absolute Gasteiger partial charge is 0.214 e. The summed E-state index contributed by atoms with van der Waals surface area (Å²) < 4.78 is 37.8. The Morgan fingerprint density at radius 1 is 1.43 bits per heavy atom. The summed E-state index contributed by atoms with van der Waals surface area (Å²) in [5, 5.41) is -0.123. The van der Waals surface area contributed by atoms with Crippen molar-refractivity contribution in [2.24, 2.45) is 0 Å². The van der Waals surface area contributed by atoms with E-state index in [2.05, 4.69) is 4.72 Å². The Labute approximate surface area is 86.9 Å². The maximum absolute atomic E-state index is 13.0. The van der Waals surface area contributed by atoms with Crippen LogP contribution in [0.4, 0.5) is 4.39 Å². The van der Waals surface area contributed by atoms with Crippen LogP contribution in [0.5, 0.6) is 0 Å². The maximum atomic E-state index is 13.0. The molecule has 0 saturated heterocycles. The lowest BCUT2D eigenvalue weighted by Gasteiger charge is -2.06. The first kappa shape index (κ1) is 11.4. The highest BCUT2D eigenvalue weighted by Gasteiger charge is 2.17. The third kappa shape index (κ3) is 2.05. The highest BCUT2D eigenvalue weighted by atomic mass is 35.5. The molecule has 0 fully saturated rings. The quantitative estimate of drug-likeness (QED) is 0.851. The molecule has 0 aromatic heterocycles. The van der Waals surface area contributed by atoms with E-state index in [1.165, 1.54) is 20.0 Å². The molecule has 0 spiro atoms. The van der Waals surface area contributed by atoms with Crippen LogP contribution in [0.25, 0.3) is 0 Å². The van der Waals surface area contributed by atoms with Gasteiger partial charge >= 0.3 is 0 Å². The fraction of sp³-hybridized carbons (Fsp3) is 0.250. The van der Waals surface area contributed by atoms with Crippen molar-refractivity contribution in [1.82, 2.24) is 4.72 Å². The minimum atomic E-state index is -3.62. The lowest BCUT2D eigenvalue weighted by atomic mass is 10.2. The minimum Gasteiger partial charge on any atom is -0.214 e. The fourth-order valence-corrected chi connectivity index (χ4v) is 2.27. The van der Waals surface area contributed by atoms with E-state index in [-0.39, 0.29) is 15.5 Å². The summed E-state index contributed by atoms with van der Waals surface area (Å²) in [7, 11) is -2.35. The molecule has 0 radical (unpaired) electrons. The van der Waals surface area contributed by atoms with Gasteiger partial charge in [-0.25, -0.2) is 17.5 Å². The van der Waals surface area contributed by atoms with Gasteiger partial charge in [0, 0.05) is 0 Å². The van der Waals surface area contributed by atoms with Gasteiger partial charge in [-0.1, -0.05) is 11.6 Å². The second kappa shape index (κ2) is 3.84. The van der Waals surface area contributed by atoms with E-state index in [0.717, 1.165) is 6.07 Å². The molecule has 6 heteroatoms. The highest BCUT2D eigenvalue weighted by Crippen LogP contribution is 2.24. The summed E-state index contributed by atoms with van der Waals surface area (Å²) >= 11 is 5.61. The van der Waals surface area contributed by atoms with E-state index in [1.807, 2.05) is 0 Å². The molecule has 0 aliphatic rings. The number of halogens is 2. The summed E-state index contributed by atoms with van der Waals surface area (Å²) in [6, 6.07) is 2.19. The molecule has 0 heterocycles. The molecule has 0 bridgehead atoms. The van der Waals surface area contributed by atoms with Crippen LogP contribution in [-0.4, -0.2) is 15.5 Å². The summed E-state index contributed by atoms with van der Waals surface area (Å²) in [6.45, 7) is 1.47. The first-order chi connectivity index (χ1) is 6.38. The molecule has 14 heavy (non-hydrogen) atoms. The van der Waals surface area contributed by atoms with Crippen molar-refractivity contribution >= 4 is 21.6 Å². The molecule has 0 amide bonds. The number of rotatable bonds is 2. The van der Waals surface area contributed by atoms with Gasteiger partial charge in [0.15, 0.2) is 0 Å². The summed E-state index contributed by atoms with van der Waals surface area (Å²) in [5.41, 5.74) is 0.239. The second-order valence-corrected chi connectivity index (χ2v) is 5.00. The van der Waals surface area contributed by atoms with Crippen molar-refractivity contribution in [2.45, 2.75) is 11.8 Å². The molecular formula is C8H9ClFNO2S. The van der Waals surface area contributed by atoms with Crippen molar-refractivity contribution in [1.29, 1.82) is 0 Å². The summed E-state index contributed by atoms with van der Waals surface area (Å²) in [5.74, 6) is -0.523. The van der Waals surface area contributed by atoms with Gasteiger partial charge < -0.3 is 0 Å². The van der Waals surface area contributed by atoms with E-state index in [4.69, 9.17) is 11.6 Å². The second-order valence-electron chi connectivity index (χ2n) is 2.74. The van der Waals surface area contributed by atoms with Crippen LogP contribution in [0.1, 0.15) is 5.56 Å². The summed E-state index contributed by atoms with van der Waals surface area (Å²) in [4.78, 5) is -0.111. The number of nitrogens with one attached hydrogen (secondary N) is 1. The van der Waals surface area contributed by atoms with Crippen LogP contribution < -0.4 is 4.72 Å².